The highest BCUT2D eigenvalue weighted by molar-refractivity contribution is 5.89. The first-order valence-electron chi connectivity index (χ1n) is 6.24. The largest absolute Gasteiger partial charge is 0.465 e. The highest BCUT2D eigenvalue weighted by Crippen LogP contribution is 2.05. The average molecular weight is 274 g/mol. The molecule has 0 unspecified atom stereocenters. The number of carbonyl (C=O) groups is 3. The number of nitrogens with one attached hydrogen (secondary N) is 2. The van der Waals surface area contributed by atoms with Crippen LogP contribution < -0.4 is 10.6 Å². The Morgan fingerprint density at radius 1 is 1.16 bits per heavy atom. The number of carboxylic acid groups (broad SMARTS) is 1. The number of hydrogen-bond donors (Lipinski definition) is 3. The van der Waals surface area contributed by atoms with Gasteiger partial charge in [-0.25, -0.2) is 9.59 Å². The lowest BCUT2D eigenvalue weighted by atomic mass is 10.0. The zero-order chi connectivity index (χ0) is 15.0. The van der Waals surface area contributed by atoms with Crippen molar-refractivity contribution in [1.82, 2.24) is 10.6 Å². The van der Waals surface area contributed by atoms with Crippen LogP contribution in [0.3, 0.4) is 0 Å². The molecule has 0 radical (unpaired) electrons. The minimum atomic E-state index is -1.27. The van der Waals surface area contributed by atoms with Crippen molar-refractivity contribution in [3.63, 3.8) is 0 Å². The molecular formula is C12H22N2O5. The van der Waals surface area contributed by atoms with E-state index in [1.165, 1.54) is 6.92 Å². The number of rotatable bonds is 7. The van der Waals surface area contributed by atoms with E-state index < -0.39 is 30.1 Å². The second-order valence-electron chi connectivity index (χ2n) is 4.61. The van der Waals surface area contributed by atoms with E-state index in [-0.39, 0.29) is 12.5 Å². The molecule has 0 aromatic carbocycles. The molecule has 0 saturated heterocycles. The lowest BCUT2D eigenvalue weighted by Crippen LogP contribution is -2.51. The number of ether oxygens (including phenoxy) is 1. The summed E-state index contributed by atoms with van der Waals surface area (Å²) < 4.78 is 4.76. The summed E-state index contributed by atoms with van der Waals surface area (Å²) in [5.74, 6) is -0.938. The fraction of sp³-hybridized carbons (Fsp3) is 0.750. The van der Waals surface area contributed by atoms with Crippen molar-refractivity contribution < 1.29 is 24.2 Å². The monoisotopic (exact) mass is 274 g/mol. The molecule has 19 heavy (non-hydrogen) atoms. The van der Waals surface area contributed by atoms with Gasteiger partial charge < -0.3 is 20.5 Å². The van der Waals surface area contributed by atoms with Crippen LogP contribution in [0.1, 0.15) is 34.1 Å². The van der Waals surface area contributed by atoms with Crippen LogP contribution in [0.25, 0.3) is 0 Å². The van der Waals surface area contributed by atoms with Crippen molar-refractivity contribution in [2.45, 2.75) is 46.2 Å². The number of amides is 2. The van der Waals surface area contributed by atoms with E-state index in [0.717, 1.165) is 0 Å². The molecule has 0 aliphatic carbocycles. The molecule has 0 saturated carbocycles. The van der Waals surface area contributed by atoms with E-state index in [4.69, 9.17) is 9.84 Å². The summed E-state index contributed by atoms with van der Waals surface area (Å²) in [5.41, 5.74) is 0. The molecular weight excluding hydrogens is 252 g/mol. The molecule has 7 nitrogen and oxygen atoms in total. The molecule has 0 aromatic heterocycles. The van der Waals surface area contributed by atoms with Gasteiger partial charge in [0.15, 0.2) is 0 Å². The normalized spacial score (nSPS) is 13.5. The van der Waals surface area contributed by atoms with E-state index in [1.807, 2.05) is 13.8 Å². The summed E-state index contributed by atoms with van der Waals surface area (Å²) >= 11 is 0. The van der Waals surface area contributed by atoms with E-state index in [0.29, 0.717) is 6.42 Å². The smallest absolute Gasteiger partial charge is 0.405 e. The third-order valence-corrected chi connectivity index (χ3v) is 2.32. The highest BCUT2D eigenvalue weighted by atomic mass is 16.5. The third kappa shape index (κ3) is 7.28. The SMILES string of the molecule is CCOC(=O)[C@H](C)NC(=O)[C@H](CC(C)C)NC(=O)O. The Bertz CT molecular complexity index is 330. The van der Waals surface area contributed by atoms with Gasteiger partial charge in [-0.15, -0.1) is 0 Å². The molecule has 0 heterocycles. The molecule has 0 fully saturated rings. The van der Waals surface area contributed by atoms with Crippen molar-refractivity contribution in [3.05, 3.63) is 0 Å². The quantitative estimate of drug-likeness (QED) is 0.594. The van der Waals surface area contributed by atoms with Crippen LogP contribution >= 0.6 is 0 Å². The Hall–Kier alpha value is -1.79. The van der Waals surface area contributed by atoms with Gasteiger partial charge >= 0.3 is 12.1 Å². The summed E-state index contributed by atoms with van der Waals surface area (Å²) in [7, 11) is 0. The van der Waals surface area contributed by atoms with Gasteiger partial charge in [-0.1, -0.05) is 13.8 Å². The Morgan fingerprint density at radius 2 is 1.74 bits per heavy atom. The van der Waals surface area contributed by atoms with E-state index in [2.05, 4.69) is 10.6 Å². The van der Waals surface area contributed by atoms with Crippen LogP contribution in [-0.2, 0) is 14.3 Å². The lowest BCUT2D eigenvalue weighted by molar-refractivity contribution is -0.147. The topological polar surface area (TPSA) is 105 Å². The summed E-state index contributed by atoms with van der Waals surface area (Å²) in [5, 5.41) is 13.3. The Kier molecular flexibility index (Phi) is 7.55. The van der Waals surface area contributed by atoms with E-state index in [9.17, 15) is 14.4 Å². The van der Waals surface area contributed by atoms with Crippen molar-refractivity contribution in [3.8, 4) is 0 Å². The molecule has 3 N–H and O–H groups in total. The van der Waals surface area contributed by atoms with Crippen molar-refractivity contribution in [2.75, 3.05) is 6.61 Å². The lowest BCUT2D eigenvalue weighted by Gasteiger charge is -2.20. The molecule has 0 aliphatic heterocycles. The zero-order valence-corrected chi connectivity index (χ0v) is 11.7. The summed E-state index contributed by atoms with van der Waals surface area (Å²) in [6.45, 7) is 7.13. The van der Waals surface area contributed by atoms with Gasteiger partial charge in [0.1, 0.15) is 12.1 Å². The van der Waals surface area contributed by atoms with Crippen LogP contribution in [0.4, 0.5) is 4.79 Å². The van der Waals surface area contributed by atoms with Crippen molar-refractivity contribution in [2.24, 2.45) is 5.92 Å². The number of carbonyl (C=O) groups excluding carboxylic acids is 2. The minimum absolute atomic E-state index is 0.139. The molecule has 7 heteroatoms. The predicted molar refractivity (Wildman–Crippen MR) is 68.6 cm³/mol. The van der Waals surface area contributed by atoms with Gasteiger partial charge in [0.05, 0.1) is 6.61 Å². The van der Waals surface area contributed by atoms with E-state index in [1.54, 1.807) is 6.92 Å². The Labute approximate surface area is 112 Å². The van der Waals surface area contributed by atoms with E-state index >= 15 is 0 Å². The fourth-order valence-electron chi connectivity index (χ4n) is 1.49. The first kappa shape index (κ1) is 17.2. The zero-order valence-electron chi connectivity index (χ0n) is 11.7. The highest BCUT2D eigenvalue weighted by Gasteiger charge is 2.25. The first-order chi connectivity index (χ1) is 8.77. The molecule has 0 spiro atoms. The second-order valence-corrected chi connectivity index (χ2v) is 4.61. The Balaban J connectivity index is 4.53. The molecule has 0 aliphatic rings. The van der Waals surface area contributed by atoms with Crippen molar-refractivity contribution >= 4 is 18.0 Å². The van der Waals surface area contributed by atoms with Gasteiger partial charge in [-0.3, -0.25) is 4.79 Å². The maximum absolute atomic E-state index is 11.9. The van der Waals surface area contributed by atoms with Crippen LogP contribution in [-0.4, -0.2) is 41.8 Å². The van der Waals surface area contributed by atoms with Gasteiger partial charge in [-0.2, -0.15) is 0 Å². The molecule has 0 bridgehead atoms. The van der Waals surface area contributed by atoms with Gasteiger partial charge in [0.2, 0.25) is 5.91 Å². The maximum Gasteiger partial charge on any atom is 0.405 e. The average Bonchev–Trinajstić information content (AvgIpc) is 2.26. The third-order valence-electron chi connectivity index (χ3n) is 2.32. The van der Waals surface area contributed by atoms with Gasteiger partial charge in [-0.05, 0) is 26.2 Å². The second kappa shape index (κ2) is 8.34. The van der Waals surface area contributed by atoms with Gasteiger partial charge in [0, 0.05) is 0 Å². The maximum atomic E-state index is 11.9. The van der Waals surface area contributed by atoms with Crippen LogP contribution in [0, 0.1) is 5.92 Å². The summed E-state index contributed by atoms with van der Waals surface area (Å²) in [6, 6.07) is -1.69. The van der Waals surface area contributed by atoms with Crippen LogP contribution in [0.2, 0.25) is 0 Å². The standard InChI is InChI=1S/C12H22N2O5/c1-5-19-11(16)8(4)13-10(15)9(6-7(2)3)14-12(17)18/h7-9,14H,5-6H2,1-4H3,(H,13,15)(H,17,18)/t8-,9-/m0/s1. The fourth-order valence-corrected chi connectivity index (χ4v) is 1.49. The first-order valence-corrected chi connectivity index (χ1v) is 6.24. The number of hydrogen-bond acceptors (Lipinski definition) is 4. The summed E-state index contributed by atoms with van der Waals surface area (Å²) in [6.07, 6.45) is -0.919. The molecule has 0 rings (SSSR count). The predicted octanol–water partition coefficient (Wildman–Crippen LogP) is 0.737. The van der Waals surface area contributed by atoms with Crippen LogP contribution in [0.5, 0.6) is 0 Å². The number of esters is 1. The molecule has 110 valence electrons. The van der Waals surface area contributed by atoms with Crippen LogP contribution in [0.15, 0.2) is 0 Å². The molecule has 2 amide bonds. The molecule has 2 atom stereocenters. The van der Waals surface area contributed by atoms with Crippen molar-refractivity contribution in [1.29, 1.82) is 0 Å². The molecule has 0 aromatic rings. The minimum Gasteiger partial charge on any atom is -0.465 e. The Morgan fingerprint density at radius 3 is 2.16 bits per heavy atom. The summed E-state index contributed by atoms with van der Waals surface area (Å²) in [4.78, 5) is 33.9. The van der Waals surface area contributed by atoms with Gasteiger partial charge in [0.25, 0.3) is 0 Å².